The van der Waals surface area contributed by atoms with Gasteiger partial charge in [0.2, 0.25) is 10.0 Å². The average molecular weight is 354 g/mol. The molecule has 0 aliphatic rings. The molecule has 0 fully saturated rings. The highest BCUT2D eigenvalue weighted by Gasteiger charge is 2.30. The molecule has 21 heavy (non-hydrogen) atoms. The third-order valence-electron chi connectivity index (χ3n) is 3.37. The zero-order valence-electron chi connectivity index (χ0n) is 12.7. The fraction of sp³-hybridized carbons (Fsp3) is 0.571. The van der Waals surface area contributed by atoms with Crippen LogP contribution in [0.2, 0.25) is 5.02 Å². The van der Waals surface area contributed by atoms with Gasteiger partial charge in [-0.2, -0.15) is 4.31 Å². The minimum absolute atomic E-state index is 0.204. The first-order chi connectivity index (χ1) is 9.79. The van der Waals surface area contributed by atoms with Crippen molar-refractivity contribution in [2.75, 3.05) is 20.3 Å². The fourth-order valence-electron chi connectivity index (χ4n) is 2.28. The number of ether oxygens (including phenoxy) is 1. The Labute approximate surface area is 137 Å². The summed E-state index contributed by atoms with van der Waals surface area (Å²) < 4.78 is 32.3. The lowest BCUT2D eigenvalue weighted by Crippen LogP contribution is -2.41. The van der Waals surface area contributed by atoms with Crippen molar-refractivity contribution in [1.82, 2.24) is 4.31 Å². The standard InChI is InChI=1S/C14H21Cl2NO3S/c1-5-17(10(2)9-20-4)21(18,19)14-7-13(16)6-12(8-15)11(14)3/h6-7,10H,5,8-9H2,1-4H3. The summed E-state index contributed by atoms with van der Waals surface area (Å²) >= 11 is 11.9. The summed E-state index contributed by atoms with van der Waals surface area (Å²) in [5.74, 6) is 0.217. The average Bonchev–Trinajstić information content (AvgIpc) is 2.41. The SMILES string of the molecule is CCN(C(C)COC)S(=O)(=O)c1cc(Cl)cc(CCl)c1C. The molecule has 0 spiro atoms. The van der Waals surface area contributed by atoms with E-state index in [4.69, 9.17) is 27.9 Å². The Morgan fingerprint density at radius 1 is 1.38 bits per heavy atom. The molecule has 0 amide bonds. The molecular formula is C14H21Cl2NO3S. The lowest BCUT2D eigenvalue weighted by Gasteiger charge is -2.27. The Hall–Kier alpha value is -0.330. The maximum atomic E-state index is 12.9. The minimum Gasteiger partial charge on any atom is -0.383 e. The zero-order valence-corrected chi connectivity index (χ0v) is 15.0. The Balaban J connectivity index is 3.39. The van der Waals surface area contributed by atoms with E-state index in [0.717, 1.165) is 5.56 Å². The van der Waals surface area contributed by atoms with E-state index in [9.17, 15) is 8.42 Å². The molecule has 1 aromatic carbocycles. The van der Waals surface area contributed by atoms with Crippen LogP contribution >= 0.6 is 23.2 Å². The molecule has 0 heterocycles. The summed E-state index contributed by atoms with van der Waals surface area (Å²) in [4.78, 5) is 0.204. The van der Waals surface area contributed by atoms with Crippen molar-refractivity contribution in [3.63, 3.8) is 0 Å². The molecule has 7 heteroatoms. The number of sulfonamides is 1. The second-order valence-corrected chi connectivity index (χ2v) is 7.40. The number of rotatable bonds is 7. The van der Waals surface area contributed by atoms with Gasteiger partial charge in [-0.3, -0.25) is 0 Å². The third kappa shape index (κ3) is 4.11. The lowest BCUT2D eigenvalue weighted by molar-refractivity contribution is 0.142. The van der Waals surface area contributed by atoms with Crippen LogP contribution in [0.25, 0.3) is 0 Å². The first-order valence-electron chi connectivity index (χ1n) is 6.65. The first kappa shape index (κ1) is 18.7. The number of hydrogen-bond acceptors (Lipinski definition) is 3. The molecule has 0 aliphatic carbocycles. The van der Waals surface area contributed by atoms with Crippen LogP contribution in [-0.4, -0.2) is 39.0 Å². The van der Waals surface area contributed by atoms with Crippen LogP contribution in [0.15, 0.2) is 17.0 Å². The number of likely N-dealkylation sites (N-methyl/N-ethyl adjacent to an activating group) is 1. The molecule has 0 aromatic heterocycles. The fourth-order valence-corrected chi connectivity index (χ4v) is 4.79. The van der Waals surface area contributed by atoms with Gasteiger partial charge in [0.15, 0.2) is 0 Å². The molecule has 120 valence electrons. The van der Waals surface area contributed by atoms with Crippen molar-refractivity contribution in [2.24, 2.45) is 0 Å². The van der Waals surface area contributed by atoms with Gasteiger partial charge >= 0.3 is 0 Å². The number of nitrogens with zero attached hydrogens (tertiary/aromatic N) is 1. The third-order valence-corrected chi connectivity index (χ3v) is 6.10. The van der Waals surface area contributed by atoms with Gasteiger partial charge in [-0.15, -0.1) is 11.6 Å². The van der Waals surface area contributed by atoms with Gasteiger partial charge in [0.05, 0.1) is 11.5 Å². The number of methoxy groups -OCH3 is 1. The topological polar surface area (TPSA) is 46.6 Å². The largest absolute Gasteiger partial charge is 0.383 e. The number of halogens is 2. The Kier molecular flexibility index (Phi) is 6.94. The predicted molar refractivity (Wildman–Crippen MR) is 86.6 cm³/mol. The van der Waals surface area contributed by atoms with Crippen LogP contribution in [0.3, 0.4) is 0 Å². The summed E-state index contributed by atoms with van der Waals surface area (Å²) in [7, 11) is -2.10. The minimum atomic E-state index is -3.65. The summed E-state index contributed by atoms with van der Waals surface area (Å²) in [5.41, 5.74) is 1.36. The van der Waals surface area contributed by atoms with Crippen molar-refractivity contribution in [3.05, 3.63) is 28.3 Å². The molecular weight excluding hydrogens is 333 g/mol. The van der Waals surface area contributed by atoms with Gasteiger partial charge in [-0.1, -0.05) is 18.5 Å². The van der Waals surface area contributed by atoms with E-state index >= 15 is 0 Å². The Bertz CT molecular complexity index is 590. The lowest BCUT2D eigenvalue weighted by atomic mass is 10.1. The summed E-state index contributed by atoms with van der Waals surface area (Å²) in [6.07, 6.45) is 0. The first-order valence-corrected chi connectivity index (χ1v) is 9.00. The molecule has 0 saturated heterocycles. The summed E-state index contributed by atoms with van der Waals surface area (Å²) in [6.45, 7) is 6.04. The molecule has 4 nitrogen and oxygen atoms in total. The van der Waals surface area contributed by atoms with Crippen molar-refractivity contribution in [2.45, 2.75) is 37.6 Å². The van der Waals surface area contributed by atoms with E-state index in [1.807, 2.05) is 6.92 Å². The second kappa shape index (κ2) is 7.79. The van der Waals surface area contributed by atoms with Crippen LogP contribution in [-0.2, 0) is 20.6 Å². The Morgan fingerprint density at radius 2 is 2.00 bits per heavy atom. The molecule has 0 saturated carbocycles. The van der Waals surface area contributed by atoms with Gasteiger partial charge in [0, 0.05) is 30.6 Å². The maximum Gasteiger partial charge on any atom is 0.243 e. The highest BCUT2D eigenvalue weighted by Crippen LogP contribution is 2.28. The van der Waals surface area contributed by atoms with E-state index < -0.39 is 10.0 Å². The molecule has 1 rings (SSSR count). The highest BCUT2D eigenvalue weighted by molar-refractivity contribution is 7.89. The molecule has 0 radical (unpaired) electrons. The van der Waals surface area contributed by atoms with E-state index in [0.29, 0.717) is 23.7 Å². The summed E-state index contributed by atoms with van der Waals surface area (Å²) in [5, 5.41) is 0.366. The highest BCUT2D eigenvalue weighted by atomic mass is 35.5. The zero-order chi connectivity index (χ0) is 16.2. The summed E-state index contributed by atoms with van der Waals surface area (Å²) in [6, 6.07) is 2.91. The van der Waals surface area contributed by atoms with Crippen molar-refractivity contribution in [1.29, 1.82) is 0 Å². The number of hydrogen-bond donors (Lipinski definition) is 0. The molecule has 1 aromatic rings. The number of benzene rings is 1. The van der Waals surface area contributed by atoms with Crippen LogP contribution in [0.1, 0.15) is 25.0 Å². The molecule has 0 N–H and O–H groups in total. The van der Waals surface area contributed by atoms with Gasteiger partial charge < -0.3 is 4.74 Å². The van der Waals surface area contributed by atoms with Crippen molar-refractivity contribution in [3.8, 4) is 0 Å². The number of alkyl halides is 1. The Morgan fingerprint density at radius 3 is 2.48 bits per heavy atom. The quantitative estimate of drug-likeness (QED) is 0.705. The van der Waals surface area contributed by atoms with E-state index in [-0.39, 0.29) is 16.8 Å². The van der Waals surface area contributed by atoms with Gasteiger partial charge in [-0.25, -0.2) is 8.42 Å². The molecule has 0 bridgehead atoms. The van der Waals surface area contributed by atoms with E-state index in [1.54, 1.807) is 27.0 Å². The van der Waals surface area contributed by atoms with Crippen LogP contribution in [0.4, 0.5) is 0 Å². The maximum absolute atomic E-state index is 12.9. The molecule has 1 atom stereocenters. The smallest absolute Gasteiger partial charge is 0.243 e. The normalized spacial score (nSPS) is 13.7. The second-order valence-electron chi connectivity index (χ2n) is 4.83. The van der Waals surface area contributed by atoms with Gasteiger partial charge in [0.25, 0.3) is 0 Å². The van der Waals surface area contributed by atoms with Gasteiger partial charge in [0.1, 0.15) is 0 Å². The molecule has 1 unspecified atom stereocenters. The predicted octanol–water partition coefficient (Wildman–Crippen LogP) is 3.43. The van der Waals surface area contributed by atoms with Crippen LogP contribution in [0, 0.1) is 6.92 Å². The van der Waals surface area contributed by atoms with E-state index in [2.05, 4.69) is 0 Å². The van der Waals surface area contributed by atoms with Crippen LogP contribution in [0.5, 0.6) is 0 Å². The monoisotopic (exact) mass is 353 g/mol. The van der Waals surface area contributed by atoms with Crippen molar-refractivity contribution >= 4 is 33.2 Å². The van der Waals surface area contributed by atoms with E-state index in [1.165, 1.54) is 10.4 Å². The van der Waals surface area contributed by atoms with Crippen LogP contribution < -0.4 is 0 Å². The molecule has 0 aliphatic heterocycles. The van der Waals surface area contributed by atoms with Gasteiger partial charge in [-0.05, 0) is 37.1 Å². The van der Waals surface area contributed by atoms with Crippen molar-refractivity contribution < 1.29 is 13.2 Å².